The Morgan fingerprint density at radius 3 is 2.71 bits per heavy atom. The topological polar surface area (TPSA) is 67.2 Å². The summed E-state index contributed by atoms with van der Waals surface area (Å²) in [5.41, 5.74) is 2.71. The molecule has 0 N–H and O–H groups in total. The first kappa shape index (κ1) is 21.4. The molecule has 0 unspecified atom stereocenters. The third kappa shape index (κ3) is 4.60. The molecule has 0 atom stereocenters. The van der Waals surface area contributed by atoms with Gasteiger partial charge in [-0.15, -0.1) is 11.8 Å². The van der Waals surface area contributed by atoms with Gasteiger partial charge in [0.2, 0.25) is 0 Å². The van der Waals surface area contributed by atoms with E-state index in [-0.39, 0.29) is 17.7 Å². The molecular weight excluding hydrogens is 412 g/mol. The number of carbonyl (C=O) groups excluding carboxylic acids is 1. The van der Waals surface area contributed by atoms with Crippen molar-refractivity contribution in [1.82, 2.24) is 14.3 Å². The van der Waals surface area contributed by atoms with E-state index in [1.807, 2.05) is 24.6 Å². The largest absolute Gasteiger partial charge is 0.462 e. The molecule has 8 heteroatoms. The van der Waals surface area contributed by atoms with Crippen molar-refractivity contribution in [3.05, 3.63) is 70.3 Å². The Hall–Kier alpha value is -2.84. The van der Waals surface area contributed by atoms with Crippen LogP contribution in [0, 0.1) is 0 Å². The summed E-state index contributed by atoms with van der Waals surface area (Å²) in [6, 6.07) is 11.5. The van der Waals surface area contributed by atoms with Crippen LogP contribution in [0.2, 0.25) is 0 Å². The van der Waals surface area contributed by atoms with Crippen molar-refractivity contribution in [3.8, 4) is 0 Å². The Balaban J connectivity index is 1.54. The zero-order valence-electron chi connectivity index (χ0n) is 17.8. The quantitative estimate of drug-likeness (QED) is 0.433. The van der Waals surface area contributed by atoms with Gasteiger partial charge in [-0.3, -0.25) is 14.1 Å². The maximum Gasteiger partial charge on any atom is 0.343 e. The average Bonchev–Trinajstić information content (AvgIpc) is 2.81. The SMILES string of the molecule is CCOC(=O)c1cc(CN2CCN(c3ccnc(SC)c3)CC2)c2ccccn2c1=O. The third-order valence-corrected chi connectivity index (χ3v) is 6.15. The zero-order valence-corrected chi connectivity index (χ0v) is 18.6. The number of nitrogens with zero attached hydrogens (tertiary/aromatic N) is 4. The Labute approximate surface area is 185 Å². The maximum absolute atomic E-state index is 12.8. The first-order valence-corrected chi connectivity index (χ1v) is 11.6. The molecule has 1 fully saturated rings. The summed E-state index contributed by atoms with van der Waals surface area (Å²) in [4.78, 5) is 34.2. The van der Waals surface area contributed by atoms with Gasteiger partial charge in [0.05, 0.1) is 17.1 Å². The van der Waals surface area contributed by atoms with Crippen LogP contribution >= 0.6 is 11.8 Å². The molecule has 162 valence electrons. The predicted molar refractivity (Wildman–Crippen MR) is 123 cm³/mol. The fourth-order valence-electron chi connectivity index (χ4n) is 3.92. The van der Waals surface area contributed by atoms with Crippen molar-refractivity contribution < 1.29 is 9.53 Å². The van der Waals surface area contributed by atoms with Gasteiger partial charge in [-0.2, -0.15) is 0 Å². The van der Waals surface area contributed by atoms with Crippen molar-refractivity contribution in [3.63, 3.8) is 0 Å². The van der Waals surface area contributed by atoms with Gasteiger partial charge in [0.1, 0.15) is 5.56 Å². The van der Waals surface area contributed by atoms with Crippen LogP contribution in [0.5, 0.6) is 0 Å². The van der Waals surface area contributed by atoms with Gasteiger partial charge in [0.15, 0.2) is 0 Å². The Kier molecular flexibility index (Phi) is 6.58. The molecule has 4 heterocycles. The van der Waals surface area contributed by atoms with Crippen molar-refractivity contribution in [2.45, 2.75) is 18.5 Å². The molecule has 31 heavy (non-hydrogen) atoms. The number of anilines is 1. The van der Waals surface area contributed by atoms with Crippen molar-refractivity contribution in [2.24, 2.45) is 0 Å². The minimum atomic E-state index is -0.570. The van der Waals surface area contributed by atoms with Crippen molar-refractivity contribution in [2.75, 3.05) is 43.9 Å². The second-order valence-corrected chi connectivity index (χ2v) is 8.21. The van der Waals surface area contributed by atoms with Crippen LogP contribution in [0.25, 0.3) is 5.52 Å². The molecule has 1 aliphatic heterocycles. The number of rotatable bonds is 6. The molecule has 3 aromatic rings. The van der Waals surface area contributed by atoms with E-state index in [0.717, 1.165) is 42.3 Å². The molecule has 0 spiro atoms. The lowest BCUT2D eigenvalue weighted by atomic mass is 10.1. The monoisotopic (exact) mass is 438 g/mol. The van der Waals surface area contributed by atoms with Crippen LogP contribution in [0.4, 0.5) is 5.69 Å². The summed E-state index contributed by atoms with van der Waals surface area (Å²) in [5.74, 6) is -0.570. The highest BCUT2D eigenvalue weighted by molar-refractivity contribution is 7.98. The molecule has 0 bridgehead atoms. The molecule has 0 radical (unpaired) electrons. The molecule has 1 saturated heterocycles. The number of carbonyl (C=O) groups is 1. The number of thioether (sulfide) groups is 1. The number of esters is 1. The highest BCUT2D eigenvalue weighted by Gasteiger charge is 2.21. The van der Waals surface area contributed by atoms with E-state index in [0.29, 0.717) is 6.54 Å². The lowest BCUT2D eigenvalue weighted by Crippen LogP contribution is -2.46. The second kappa shape index (κ2) is 9.53. The number of pyridine rings is 3. The van der Waals surface area contributed by atoms with E-state index in [2.05, 4.69) is 26.9 Å². The van der Waals surface area contributed by atoms with E-state index in [4.69, 9.17) is 4.74 Å². The van der Waals surface area contributed by atoms with Crippen LogP contribution in [-0.4, -0.2) is 59.3 Å². The molecule has 4 rings (SSSR count). The fourth-order valence-corrected chi connectivity index (χ4v) is 4.32. The zero-order chi connectivity index (χ0) is 21.8. The number of fused-ring (bicyclic) bond motifs is 1. The van der Waals surface area contributed by atoms with E-state index in [1.165, 1.54) is 5.69 Å². The van der Waals surface area contributed by atoms with E-state index < -0.39 is 5.97 Å². The molecule has 7 nitrogen and oxygen atoms in total. The highest BCUT2D eigenvalue weighted by Crippen LogP contribution is 2.22. The third-order valence-electron chi connectivity index (χ3n) is 5.51. The van der Waals surface area contributed by atoms with Crippen LogP contribution in [0.15, 0.2) is 58.6 Å². The second-order valence-electron chi connectivity index (χ2n) is 7.38. The van der Waals surface area contributed by atoms with Gasteiger partial charge < -0.3 is 9.64 Å². The lowest BCUT2D eigenvalue weighted by molar-refractivity contribution is 0.0524. The van der Waals surface area contributed by atoms with Gasteiger partial charge in [0.25, 0.3) is 5.56 Å². The Morgan fingerprint density at radius 2 is 1.97 bits per heavy atom. The molecule has 0 amide bonds. The van der Waals surface area contributed by atoms with E-state index >= 15 is 0 Å². The van der Waals surface area contributed by atoms with Crippen molar-refractivity contribution in [1.29, 1.82) is 0 Å². The first-order valence-electron chi connectivity index (χ1n) is 10.4. The van der Waals surface area contributed by atoms with Crippen LogP contribution in [-0.2, 0) is 11.3 Å². The maximum atomic E-state index is 12.8. The summed E-state index contributed by atoms with van der Waals surface area (Å²) in [5, 5.41) is 1.02. The average molecular weight is 439 g/mol. The number of aromatic nitrogens is 2. The molecular formula is C23H26N4O3S. The molecule has 0 aliphatic carbocycles. The van der Waals surface area contributed by atoms with Gasteiger partial charge >= 0.3 is 5.97 Å². The van der Waals surface area contributed by atoms with Crippen LogP contribution in [0.3, 0.4) is 0 Å². The van der Waals surface area contributed by atoms with Crippen LogP contribution in [0.1, 0.15) is 22.8 Å². The minimum Gasteiger partial charge on any atom is -0.462 e. The van der Waals surface area contributed by atoms with Gasteiger partial charge in [-0.1, -0.05) is 6.07 Å². The summed E-state index contributed by atoms with van der Waals surface area (Å²) >= 11 is 1.64. The predicted octanol–water partition coefficient (Wildman–Crippen LogP) is 2.92. The summed E-state index contributed by atoms with van der Waals surface area (Å²) in [7, 11) is 0. The Bertz CT molecular complexity index is 1140. The van der Waals surface area contributed by atoms with Crippen molar-refractivity contribution >= 4 is 28.9 Å². The summed E-state index contributed by atoms with van der Waals surface area (Å²) < 4.78 is 6.65. The number of hydrogen-bond acceptors (Lipinski definition) is 7. The molecule has 0 aromatic carbocycles. The van der Waals surface area contributed by atoms with Gasteiger partial charge in [-0.25, -0.2) is 9.78 Å². The van der Waals surface area contributed by atoms with E-state index in [1.54, 1.807) is 41.4 Å². The summed E-state index contributed by atoms with van der Waals surface area (Å²) in [6.45, 7) is 6.25. The smallest absolute Gasteiger partial charge is 0.343 e. The molecule has 0 saturated carbocycles. The normalized spacial score (nSPS) is 14.7. The van der Waals surface area contributed by atoms with Gasteiger partial charge in [0, 0.05) is 50.8 Å². The first-order chi connectivity index (χ1) is 15.1. The standard InChI is InChI=1S/C23H26N4O3S/c1-3-30-23(29)19-14-17(20-6-4-5-9-27(20)22(19)28)16-25-10-12-26(13-11-25)18-7-8-24-21(15-18)31-2/h4-9,14-15H,3,10-13,16H2,1-2H3. The highest BCUT2D eigenvalue weighted by atomic mass is 32.2. The molecule has 3 aromatic heterocycles. The van der Waals surface area contributed by atoms with E-state index in [9.17, 15) is 9.59 Å². The summed E-state index contributed by atoms with van der Waals surface area (Å²) in [6.07, 6.45) is 5.59. The minimum absolute atomic E-state index is 0.0839. The number of piperazine rings is 1. The Morgan fingerprint density at radius 1 is 1.16 bits per heavy atom. The number of ether oxygens (including phenoxy) is 1. The van der Waals surface area contributed by atoms with Gasteiger partial charge in [-0.05, 0) is 49.1 Å². The lowest BCUT2D eigenvalue weighted by Gasteiger charge is -2.36. The van der Waals surface area contributed by atoms with Crippen LogP contribution < -0.4 is 10.5 Å². The number of hydrogen-bond donors (Lipinski definition) is 0. The molecule has 1 aliphatic rings. The fraction of sp³-hybridized carbons (Fsp3) is 0.348.